The highest BCUT2D eigenvalue weighted by Crippen LogP contribution is 2.17. The minimum absolute atomic E-state index is 0.0311. The van der Waals surface area contributed by atoms with Gasteiger partial charge >= 0.3 is 5.97 Å². The van der Waals surface area contributed by atoms with Crippen LogP contribution < -0.4 is 4.74 Å². The van der Waals surface area contributed by atoms with Crippen molar-refractivity contribution in [3.05, 3.63) is 59.2 Å². The fraction of sp³-hybridized carbons (Fsp3) is 0.143. The van der Waals surface area contributed by atoms with Gasteiger partial charge in [0.15, 0.2) is 0 Å². The summed E-state index contributed by atoms with van der Waals surface area (Å²) in [6.45, 7) is 1.78. The summed E-state index contributed by atoms with van der Waals surface area (Å²) < 4.78 is 18.5. The van der Waals surface area contributed by atoms with Crippen LogP contribution in [-0.4, -0.2) is 16.1 Å². The molecule has 2 aromatic rings. The van der Waals surface area contributed by atoms with E-state index < -0.39 is 5.97 Å². The predicted molar refractivity (Wildman–Crippen MR) is 66.7 cm³/mol. The second-order valence-corrected chi connectivity index (χ2v) is 4.02. The number of aromatic carboxylic acids is 1. The zero-order valence-electron chi connectivity index (χ0n) is 10.3. The molecule has 1 heterocycles. The number of carboxylic acids is 1. The highest BCUT2D eigenvalue weighted by molar-refractivity contribution is 5.85. The molecule has 0 saturated heterocycles. The molecule has 1 aromatic heterocycles. The van der Waals surface area contributed by atoms with Crippen molar-refractivity contribution >= 4 is 5.97 Å². The van der Waals surface area contributed by atoms with Crippen LogP contribution in [0.3, 0.4) is 0 Å². The van der Waals surface area contributed by atoms with E-state index in [2.05, 4.69) is 4.98 Å². The summed E-state index contributed by atoms with van der Waals surface area (Å²) in [6, 6.07) is 9.10. The van der Waals surface area contributed by atoms with Crippen molar-refractivity contribution in [2.45, 2.75) is 13.5 Å². The molecule has 4 nitrogen and oxygen atoms in total. The van der Waals surface area contributed by atoms with Gasteiger partial charge in [0.25, 0.3) is 0 Å². The third kappa shape index (κ3) is 3.28. The lowest BCUT2D eigenvalue weighted by Crippen LogP contribution is -2.05. The second kappa shape index (κ2) is 5.48. The summed E-state index contributed by atoms with van der Waals surface area (Å²) in [5.74, 6) is -0.862. The molecule has 0 radical (unpaired) electrons. The van der Waals surface area contributed by atoms with Crippen molar-refractivity contribution in [3.63, 3.8) is 0 Å². The number of carbonyl (C=O) groups is 1. The largest absolute Gasteiger partial charge is 0.487 e. The van der Waals surface area contributed by atoms with E-state index in [1.807, 2.05) is 0 Å². The maximum Gasteiger partial charge on any atom is 0.354 e. The fourth-order valence-corrected chi connectivity index (χ4v) is 1.54. The van der Waals surface area contributed by atoms with Crippen molar-refractivity contribution in [1.82, 2.24) is 4.98 Å². The van der Waals surface area contributed by atoms with Gasteiger partial charge < -0.3 is 9.84 Å². The Morgan fingerprint density at radius 3 is 2.84 bits per heavy atom. The Kier molecular flexibility index (Phi) is 3.75. The summed E-state index contributed by atoms with van der Waals surface area (Å²) in [5.41, 5.74) is 0.961. The van der Waals surface area contributed by atoms with Gasteiger partial charge in [0, 0.05) is 0 Å². The lowest BCUT2D eigenvalue weighted by Gasteiger charge is -2.07. The first-order chi connectivity index (χ1) is 9.06. The molecular weight excluding hydrogens is 249 g/mol. The molecule has 5 heteroatoms. The van der Waals surface area contributed by atoms with E-state index in [0.717, 1.165) is 0 Å². The summed E-state index contributed by atoms with van der Waals surface area (Å²) in [7, 11) is 0. The van der Waals surface area contributed by atoms with Crippen LogP contribution in [0.25, 0.3) is 0 Å². The Balaban J connectivity index is 2.07. The van der Waals surface area contributed by atoms with Crippen LogP contribution in [0.15, 0.2) is 36.4 Å². The van der Waals surface area contributed by atoms with Gasteiger partial charge in [-0.05, 0) is 42.8 Å². The standard InChI is InChI=1S/C14H12FNO3/c1-9-7-11(5-6-12(9)15)19-8-10-3-2-4-13(16-10)14(17)18/h2-7H,8H2,1H3,(H,17,18). The Bertz CT molecular complexity index is 613. The molecule has 1 aromatic carbocycles. The average Bonchev–Trinajstić information content (AvgIpc) is 2.40. The lowest BCUT2D eigenvalue weighted by atomic mass is 10.2. The number of ether oxygens (including phenoxy) is 1. The van der Waals surface area contributed by atoms with Gasteiger partial charge in [-0.3, -0.25) is 0 Å². The Morgan fingerprint density at radius 1 is 1.37 bits per heavy atom. The van der Waals surface area contributed by atoms with Crippen LogP contribution in [0.5, 0.6) is 5.75 Å². The minimum Gasteiger partial charge on any atom is -0.487 e. The maximum atomic E-state index is 13.1. The highest BCUT2D eigenvalue weighted by Gasteiger charge is 2.06. The van der Waals surface area contributed by atoms with Crippen LogP contribution in [0.1, 0.15) is 21.7 Å². The van der Waals surface area contributed by atoms with Gasteiger partial charge in [-0.15, -0.1) is 0 Å². The van der Waals surface area contributed by atoms with Gasteiger partial charge in [0.2, 0.25) is 0 Å². The monoisotopic (exact) mass is 261 g/mol. The molecule has 0 unspecified atom stereocenters. The molecule has 0 aliphatic heterocycles. The Hall–Kier alpha value is -2.43. The predicted octanol–water partition coefficient (Wildman–Crippen LogP) is 2.81. The summed E-state index contributed by atoms with van der Waals surface area (Å²) >= 11 is 0. The van der Waals surface area contributed by atoms with E-state index in [9.17, 15) is 9.18 Å². The van der Waals surface area contributed by atoms with E-state index in [1.54, 1.807) is 25.1 Å². The van der Waals surface area contributed by atoms with Gasteiger partial charge in [-0.1, -0.05) is 6.07 Å². The fourth-order valence-electron chi connectivity index (χ4n) is 1.54. The van der Waals surface area contributed by atoms with Crippen molar-refractivity contribution in [3.8, 4) is 5.75 Å². The van der Waals surface area contributed by atoms with Gasteiger partial charge in [-0.25, -0.2) is 14.2 Å². The molecule has 0 spiro atoms. The number of aryl methyl sites for hydroxylation is 1. The van der Waals surface area contributed by atoms with Crippen molar-refractivity contribution in [2.75, 3.05) is 0 Å². The number of nitrogens with zero attached hydrogens (tertiary/aromatic N) is 1. The van der Waals surface area contributed by atoms with E-state index in [0.29, 0.717) is 17.0 Å². The molecule has 0 aliphatic carbocycles. The number of hydrogen-bond acceptors (Lipinski definition) is 3. The molecule has 0 saturated carbocycles. The Morgan fingerprint density at radius 2 is 2.16 bits per heavy atom. The molecule has 0 bridgehead atoms. The van der Waals surface area contributed by atoms with E-state index >= 15 is 0 Å². The third-order valence-electron chi connectivity index (χ3n) is 2.54. The van der Waals surface area contributed by atoms with Crippen molar-refractivity contribution in [1.29, 1.82) is 0 Å². The first-order valence-corrected chi connectivity index (χ1v) is 5.64. The number of aromatic nitrogens is 1. The first kappa shape index (κ1) is 13.0. The third-order valence-corrected chi connectivity index (χ3v) is 2.54. The van der Waals surface area contributed by atoms with Gasteiger partial charge in [0.05, 0.1) is 5.69 Å². The number of carboxylic acid groups (broad SMARTS) is 1. The second-order valence-electron chi connectivity index (χ2n) is 4.02. The summed E-state index contributed by atoms with van der Waals surface area (Å²) in [5, 5.41) is 8.82. The first-order valence-electron chi connectivity index (χ1n) is 5.64. The Labute approximate surface area is 109 Å². The van der Waals surface area contributed by atoms with Crippen LogP contribution in [0.4, 0.5) is 4.39 Å². The number of benzene rings is 1. The van der Waals surface area contributed by atoms with Crippen LogP contribution in [-0.2, 0) is 6.61 Å². The normalized spacial score (nSPS) is 10.2. The molecule has 0 fully saturated rings. The van der Waals surface area contributed by atoms with Crippen LogP contribution >= 0.6 is 0 Å². The van der Waals surface area contributed by atoms with Crippen molar-refractivity contribution < 1.29 is 19.0 Å². The van der Waals surface area contributed by atoms with E-state index in [4.69, 9.17) is 9.84 Å². The smallest absolute Gasteiger partial charge is 0.354 e. The number of hydrogen-bond donors (Lipinski definition) is 1. The average molecular weight is 261 g/mol. The quantitative estimate of drug-likeness (QED) is 0.919. The highest BCUT2D eigenvalue weighted by atomic mass is 19.1. The van der Waals surface area contributed by atoms with E-state index in [1.165, 1.54) is 18.2 Å². The zero-order valence-corrected chi connectivity index (χ0v) is 10.3. The summed E-state index contributed by atoms with van der Waals surface area (Å²) in [6.07, 6.45) is 0. The molecular formula is C14H12FNO3. The zero-order chi connectivity index (χ0) is 13.8. The summed E-state index contributed by atoms with van der Waals surface area (Å²) in [4.78, 5) is 14.7. The van der Waals surface area contributed by atoms with E-state index in [-0.39, 0.29) is 18.1 Å². The topological polar surface area (TPSA) is 59.4 Å². The number of halogens is 1. The lowest BCUT2D eigenvalue weighted by molar-refractivity contribution is 0.0690. The number of rotatable bonds is 4. The maximum absolute atomic E-state index is 13.1. The van der Waals surface area contributed by atoms with Gasteiger partial charge in [-0.2, -0.15) is 0 Å². The van der Waals surface area contributed by atoms with Crippen molar-refractivity contribution in [2.24, 2.45) is 0 Å². The minimum atomic E-state index is -1.08. The van der Waals surface area contributed by atoms with Crippen LogP contribution in [0, 0.1) is 12.7 Å². The molecule has 19 heavy (non-hydrogen) atoms. The van der Waals surface area contributed by atoms with Crippen LogP contribution in [0.2, 0.25) is 0 Å². The SMILES string of the molecule is Cc1cc(OCc2cccc(C(=O)O)n2)ccc1F. The molecule has 0 amide bonds. The molecule has 0 atom stereocenters. The molecule has 98 valence electrons. The number of pyridine rings is 1. The van der Waals surface area contributed by atoms with Gasteiger partial charge in [0.1, 0.15) is 23.9 Å². The molecule has 0 aliphatic rings. The molecule has 2 rings (SSSR count). The molecule has 1 N–H and O–H groups in total.